The number of azide groups is 1. The summed E-state index contributed by atoms with van der Waals surface area (Å²) in [6, 6.07) is 7.11. The van der Waals surface area contributed by atoms with E-state index in [-0.39, 0.29) is 0 Å². The van der Waals surface area contributed by atoms with E-state index in [1.807, 2.05) is 12.1 Å². The molecule has 0 radical (unpaired) electrons. The Bertz CT molecular complexity index is 379. The van der Waals surface area contributed by atoms with E-state index in [4.69, 9.17) is 11.3 Å². The first-order chi connectivity index (χ1) is 7.24. The lowest BCUT2D eigenvalue weighted by Crippen LogP contribution is -2.10. The number of hydrogen-bond acceptors (Lipinski definition) is 2. The third-order valence-electron chi connectivity index (χ3n) is 2.03. The minimum absolute atomic E-state index is 0.421. The van der Waals surface area contributed by atoms with E-state index in [0.717, 1.165) is 18.4 Å². The van der Waals surface area contributed by atoms with Crippen LogP contribution in [-0.4, -0.2) is 12.5 Å². The summed E-state index contributed by atoms with van der Waals surface area (Å²) in [5, 5.41) is 3.44. The van der Waals surface area contributed by atoms with Crippen molar-refractivity contribution in [1.82, 2.24) is 0 Å². The quantitative estimate of drug-likeness (QED) is 0.338. The Morgan fingerprint density at radius 2 is 2.07 bits per heavy atom. The molecule has 0 saturated carbocycles. The number of hydrogen-bond donors (Lipinski definition) is 1. The van der Waals surface area contributed by atoms with E-state index in [2.05, 4.69) is 10.0 Å². The highest BCUT2D eigenvalue weighted by atomic mass is 16.1. The number of aryl methyl sites for hydroxylation is 1. The number of amides is 1. The lowest BCUT2D eigenvalue weighted by molar-refractivity contribution is 0.100. The Kier molecular flexibility index (Phi) is 4.19. The molecule has 0 bridgehead atoms. The zero-order valence-corrected chi connectivity index (χ0v) is 8.26. The molecule has 0 fully saturated rings. The van der Waals surface area contributed by atoms with Gasteiger partial charge in [-0.1, -0.05) is 17.2 Å². The van der Waals surface area contributed by atoms with E-state index in [0.29, 0.717) is 12.1 Å². The second kappa shape index (κ2) is 5.67. The largest absolute Gasteiger partial charge is 0.366 e. The molecule has 0 heterocycles. The monoisotopic (exact) mass is 204 g/mol. The number of benzene rings is 1. The Morgan fingerprint density at radius 1 is 1.40 bits per heavy atom. The number of nitrogens with zero attached hydrogens (tertiary/aromatic N) is 3. The van der Waals surface area contributed by atoms with Crippen molar-refractivity contribution in [3.63, 3.8) is 0 Å². The zero-order chi connectivity index (χ0) is 11.1. The second-order valence-corrected chi connectivity index (χ2v) is 3.12. The minimum Gasteiger partial charge on any atom is -0.366 e. The van der Waals surface area contributed by atoms with Gasteiger partial charge in [0.15, 0.2) is 0 Å². The normalized spacial score (nSPS) is 9.33. The van der Waals surface area contributed by atoms with Crippen molar-refractivity contribution < 1.29 is 4.79 Å². The molecule has 5 heteroatoms. The van der Waals surface area contributed by atoms with Crippen LogP contribution in [0.2, 0.25) is 0 Å². The Hall–Kier alpha value is -2.00. The first-order valence-electron chi connectivity index (χ1n) is 4.63. The van der Waals surface area contributed by atoms with Crippen LogP contribution in [0, 0.1) is 0 Å². The fourth-order valence-corrected chi connectivity index (χ4v) is 1.23. The standard InChI is InChI=1S/C10H12N4O/c11-10(15)9-5-3-8(4-6-9)2-1-7-13-14-12/h3-6H,1-2,7H2,(H2,11,15). The molecule has 0 aliphatic carbocycles. The van der Waals surface area contributed by atoms with E-state index >= 15 is 0 Å². The van der Waals surface area contributed by atoms with Crippen LogP contribution >= 0.6 is 0 Å². The van der Waals surface area contributed by atoms with Crippen molar-refractivity contribution in [2.75, 3.05) is 6.54 Å². The highest BCUT2D eigenvalue weighted by Gasteiger charge is 1.99. The molecule has 0 atom stereocenters. The highest BCUT2D eigenvalue weighted by molar-refractivity contribution is 5.92. The predicted octanol–water partition coefficient (Wildman–Crippen LogP) is 2.03. The number of rotatable bonds is 5. The Morgan fingerprint density at radius 3 is 2.60 bits per heavy atom. The summed E-state index contributed by atoms with van der Waals surface area (Å²) in [5.74, 6) is -0.421. The smallest absolute Gasteiger partial charge is 0.248 e. The molecular weight excluding hydrogens is 192 g/mol. The number of primary amides is 1. The molecular formula is C10H12N4O. The predicted molar refractivity (Wildman–Crippen MR) is 57.3 cm³/mol. The number of carbonyl (C=O) groups is 1. The third-order valence-corrected chi connectivity index (χ3v) is 2.03. The van der Waals surface area contributed by atoms with Gasteiger partial charge in [-0.25, -0.2) is 0 Å². The minimum atomic E-state index is -0.421. The van der Waals surface area contributed by atoms with Crippen LogP contribution in [0.5, 0.6) is 0 Å². The number of nitrogens with two attached hydrogens (primary N) is 1. The van der Waals surface area contributed by atoms with Gasteiger partial charge in [0, 0.05) is 17.0 Å². The summed E-state index contributed by atoms with van der Waals surface area (Å²) in [6.07, 6.45) is 1.64. The SMILES string of the molecule is [N-]=[N+]=NCCCc1ccc(C(N)=O)cc1. The van der Waals surface area contributed by atoms with Crippen LogP contribution in [0.3, 0.4) is 0 Å². The van der Waals surface area contributed by atoms with Crippen molar-refractivity contribution in [3.8, 4) is 0 Å². The first-order valence-corrected chi connectivity index (χ1v) is 4.63. The van der Waals surface area contributed by atoms with Crippen LogP contribution in [0.1, 0.15) is 22.3 Å². The summed E-state index contributed by atoms with van der Waals surface area (Å²) in [4.78, 5) is 13.4. The zero-order valence-electron chi connectivity index (χ0n) is 8.26. The van der Waals surface area contributed by atoms with Gasteiger partial charge in [0.1, 0.15) is 0 Å². The maximum absolute atomic E-state index is 10.8. The van der Waals surface area contributed by atoms with Gasteiger partial charge in [0.2, 0.25) is 5.91 Å². The van der Waals surface area contributed by atoms with E-state index in [1.54, 1.807) is 12.1 Å². The molecule has 15 heavy (non-hydrogen) atoms. The third kappa shape index (κ3) is 3.70. The molecule has 2 N–H and O–H groups in total. The summed E-state index contributed by atoms with van der Waals surface area (Å²) in [6.45, 7) is 0.494. The van der Waals surface area contributed by atoms with Crippen LogP contribution in [0.4, 0.5) is 0 Å². The van der Waals surface area contributed by atoms with Crippen molar-refractivity contribution in [2.24, 2.45) is 10.8 Å². The lowest BCUT2D eigenvalue weighted by atomic mass is 10.1. The Labute approximate surface area is 87.5 Å². The summed E-state index contributed by atoms with van der Waals surface area (Å²) in [5.41, 5.74) is 14.8. The fourth-order valence-electron chi connectivity index (χ4n) is 1.23. The summed E-state index contributed by atoms with van der Waals surface area (Å²) in [7, 11) is 0. The van der Waals surface area contributed by atoms with Gasteiger partial charge in [-0.15, -0.1) is 0 Å². The first kappa shape index (κ1) is 11.1. The van der Waals surface area contributed by atoms with Gasteiger partial charge in [-0.05, 0) is 36.1 Å². The maximum Gasteiger partial charge on any atom is 0.248 e. The molecule has 5 nitrogen and oxygen atoms in total. The molecule has 0 unspecified atom stereocenters. The molecule has 1 amide bonds. The average Bonchev–Trinajstić information content (AvgIpc) is 2.25. The van der Waals surface area contributed by atoms with Crippen molar-refractivity contribution >= 4 is 5.91 Å². The van der Waals surface area contributed by atoms with Gasteiger partial charge < -0.3 is 5.73 Å². The van der Waals surface area contributed by atoms with Gasteiger partial charge >= 0.3 is 0 Å². The molecule has 0 aliphatic heterocycles. The fraction of sp³-hybridized carbons (Fsp3) is 0.300. The number of carbonyl (C=O) groups excluding carboxylic acids is 1. The Balaban J connectivity index is 2.49. The van der Waals surface area contributed by atoms with E-state index in [1.165, 1.54) is 0 Å². The highest BCUT2D eigenvalue weighted by Crippen LogP contribution is 2.06. The van der Waals surface area contributed by atoms with E-state index in [9.17, 15) is 4.79 Å². The van der Waals surface area contributed by atoms with E-state index < -0.39 is 5.91 Å². The van der Waals surface area contributed by atoms with Crippen LogP contribution in [0.15, 0.2) is 29.4 Å². The average molecular weight is 204 g/mol. The molecule has 1 aromatic rings. The van der Waals surface area contributed by atoms with Gasteiger partial charge in [0.25, 0.3) is 0 Å². The maximum atomic E-state index is 10.8. The molecule has 1 aromatic carbocycles. The van der Waals surface area contributed by atoms with Crippen LogP contribution < -0.4 is 5.73 Å². The van der Waals surface area contributed by atoms with Crippen molar-refractivity contribution in [1.29, 1.82) is 0 Å². The van der Waals surface area contributed by atoms with Crippen molar-refractivity contribution in [2.45, 2.75) is 12.8 Å². The summed E-state index contributed by atoms with van der Waals surface area (Å²) >= 11 is 0. The molecule has 0 aliphatic rings. The molecule has 0 spiro atoms. The summed E-state index contributed by atoms with van der Waals surface area (Å²) < 4.78 is 0. The van der Waals surface area contributed by atoms with Crippen LogP contribution in [-0.2, 0) is 6.42 Å². The van der Waals surface area contributed by atoms with Crippen LogP contribution in [0.25, 0.3) is 10.4 Å². The molecule has 78 valence electrons. The van der Waals surface area contributed by atoms with Gasteiger partial charge in [0.05, 0.1) is 0 Å². The van der Waals surface area contributed by atoms with Gasteiger partial charge in [-0.2, -0.15) is 0 Å². The lowest BCUT2D eigenvalue weighted by Gasteiger charge is -2.00. The molecule has 1 rings (SSSR count). The van der Waals surface area contributed by atoms with Crippen molar-refractivity contribution in [3.05, 3.63) is 45.8 Å². The molecule has 0 aromatic heterocycles. The molecule has 0 saturated heterocycles. The second-order valence-electron chi connectivity index (χ2n) is 3.12. The topological polar surface area (TPSA) is 91.8 Å². The van der Waals surface area contributed by atoms with Gasteiger partial charge in [-0.3, -0.25) is 4.79 Å².